The number of rotatable bonds is 6. The minimum absolute atomic E-state index is 0.644. The minimum Gasteiger partial charge on any atom is -0.316 e. The number of benzene rings is 1. The molecule has 1 N–H and O–H groups in total. The second-order valence-corrected chi connectivity index (χ2v) is 4.71. The average Bonchev–Trinajstić information content (AvgIpc) is 2.31. The molecule has 16 heavy (non-hydrogen) atoms. The van der Waals surface area contributed by atoms with Crippen LogP contribution >= 0.6 is 0 Å². The molecule has 0 spiro atoms. The van der Waals surface area contributed by atoms with Gasteiger partial charge in [0.15, 0.2) is 0 Å². The first-order valence-electron chi connectivity index (χ1n) is 6.46. The van der Waals surface area contributed by atoms with Crippen molar-refractivity contribution >= 4 is 0 Å². The lowest BCUT2D eigenvalue weighted by atomic mass is 9.85. The van der Waals surface area contributed by atoms with Crippen LogP contribution in [0.3, 0.4) is 0 Å². The van der Waals surface area contributed by atoms with Gasteiger partial charge in [0, 0.05) is 6.54 Å². The highest BCUT2D eigenvalue weighted by Crippen LogP contribution is 2.26. The Morgan fingerprint density at radius 1 is 1.12 bits per heavy atom. The first-order chi connectivity index (χ1) is 7.69. The predicted molar refractivity (Wildman–Crippen MR) is 71.9 cm³/mol. The smallest absolute Gasteiger partial charge is 0.00226 e. The van der Waals surface area contributed by atoms with Crippen molar-refractivity contribution in [3.8, 4) is 0 Å². The van der Waals surface area contributed by atoms with Crippen LogP contribution in [-0.2, 0) is 0 Å². The van der Waals surface area contributed by atoms with Gasteiger partial charge in [-0.2, -0.15) is 0 Å². The topological polar surface area (TPSA) is 12.0 Å². The van der Waals surface area contributed by atoms with E-state index in [1.807, 2.05) is 0 Å². The molecule has 0 saturated heterocycles. The van der Waals surface area contributed by atoms with Crippen molar-refractivity contribution < 1.29 is 0 Å². The van der Waals surface area contributed by atoms with E-state index in [0.717, 1.165) is 19.0 Å². The summed E-state index contributed by atoms with van der Waals surface area (Å²) in [5.41, 5.74) is 2.82. The van der Waals surface area contributed by atoms with E-state index in [4.69, 9.17) is 0 Å². The van der Waals surface area contributed by atoms with Crippen molar-refractivity contribution in [2.24, 2.45) is 5.92 Å². The second kappa shape index (κ2) is 6.70. The highest BCUT2D eigenvalue weighted by molar-refractivity contribution is 5.25. The molecule has 0 radical (unpaired) electrons. The molecule has 0 amide bonds. The summed E-state index contributed by atoms with van der Waals surface area (Å²) in [6.07, 6.45) is 1.24. The number of hydrogen-bond donors (Lipinski definition) is 1. The summed E-state index contributed by atoms with van der Waals surface area (Å²) in [4.78, 5) is 0. The van der Waals surface area contributed by atoms with Gasteiger partial charge in [0.1, 0.15) is 0 Å². The normalized spacial score (nSPS) is 14.8. The first-order valence-corrected chi connectivity index (χ1v) is 6.46. The van der Waals surface area contributed by atoms with Crippen LogP contribution in [0, 0.1) is 12.8 Å². The summed E-state index contributed by atoms with van der Waals surface area (Å²) in [5, 5.41) is 3.48. The van der Waals surface area contributed by atoms with E-state index in [9.17, 15) is 0 Å². The fraction of sp³-hybridized carbons (Fsp3) is 0.600. The quantitative estimate of drug-likeness (QED) is 0.768. The molecule has 0 bridgehead atoms. The van der Waals surface area contributed by atoms with Crippen LogP contribution in [0.4, 0.5) is 0 Å². The Morgan fingerprint density at radius 3 is 2.25 bits per heavy atom. The molecule has 1 rings (SSSR count). The summed E-state index contributed by atoms with van der Waals surface area (Å²) in [5.74, 6) is 1.38. The lowest BCUT2D eigenvalue weighted by Gasteiger charge is -2.24. The Hall–Kier alpha value is -0.820. The number of aryl methyl sites for hydroxylation is 1. The van der Waals surface area contributed by atoms with Crippen molar-refractivity contribution in [1.82, 2.24) is 5.32 Å². The van der Waals surface area contributed by atoms with Crippen molar-refractivity contribution in [2.45, 2.75) is 40.0 Å². The van der Waals surface area contributed by atoms with Crippen LogP contribution in [0.2, 0.25) is 0 Å². The molecule has 0 aliphatic carbocycles. The van der Waals surface area contributed by atoms with Gasteiger partial charge in [0.05, 0.1) is 0 Å². The molecular weight excluding hydrogens is 194 g/mol. The summed E-state index contributed by atoms with van der Waals surface area (Å²) >= 11 is 0. The third-order valence-corrected chi connectivity index (χ3v) is 3.45. The maximum atomic E-state index is 3.48. The summed E-state index contributed by atoms with van der Waals surface area (Å²) in [6, 6.07) is 9.00. The van der Waals surface area contributed by atoms with Crippen LogP contribution in [0.5, 0.6) is 0 Å². The maximum Gasteiger partial charge on any atom is 0.00226 e. The standard InChI is InChI=1S/C15H25N/c1-5-13(4)15(11-16-6-2)14-9-7-12(3)8-10-14/h7-10,13,15-16H,5-6,11H2,1-4H3. The Balaban J connectivity index is 2.78. The molecule has 2 unspecified atom stereocenters. The SMILES string of the molecule is CCNCC(c1ccc(C)cc1)C(C)CC. The van der Waals surface area contributed by atoms with Crippen LogP contribution in [0.15, 0.2) is 24.3 Å². The van der Waals surface area contributed by atoms with Crippen LogP contribution < -0.4 is 5.32 Å². The predicted octanol–water partition coefficient (Wildman–Crippen LogP) is 3.73. The molecule has 1 heteroatoms. The Morgan fingerprint density at radius 2 is 1.75 bits per heavy atom. The maximum absolute atomic E-state index is 3.48. The molecule has 0 aliphatic rings. The lowest BCUT2D eigenvalue weighted by Crippen LogP contribution is -2.25. The van der Waals surface area contributed by atoms with Gasteiger partial charge in [0.25, 0.3) is 0 Å². The molecule has 1 nitrogen and oxygen atoms in total. The highest BCUT2D eigenvalue weighted by atomic mass is 14.8. The fourth-order valence-corrected chi connectivity index (χ4v) is 2.05. The molecule has 2 atom stereocenters. The molecule has 90 valence electrons. The lowest BCUT2D eigenvalue weighted by molar-refractivity contribution is 0.424. The Kier molecular flexibility index (Phi) is 5.54. The van der Waals surface area contributed by atoms with Gasteiger partial charge in [-0.15, -0.1) is 0 Å². The van der Waals surface area contributed by atoms with Gasteiger partial charge in [0.2, 0.25) is 0 Å². The first kappa shape index (κ1) is 13.2. The van der Waals surface area contributed by atoms with Crippen molar-refractivity contribution in [2.75, 3.05) is 13.1 Å². The van der Waals surface area contributed by atoms with Gasteiger partial charge in [-0.3, -0.25) is 0 Å². The Labute approximate surface area is 100 Å². The van der Waals surface area contributed by atoms with Crippen molar-refractivity contribution in [3.63, 3.8) is 0 Å². The zero-order valence-corrected chi connectivity index (χ0v) is 11.1. The summed E-state index contributed by atoms with van der Waals surface area (Å²) < 4.78 is 0. The van der Waals surface area contributed by atoms with Crippen LogP contribution in [-0.4, -0.2) is 13.1 Å². The molecule has 0 aromatic heterocycles. The number of likely N-dealkylation sites (N-methyl/N-ethyl adjacent to an activating group) is 1. The molecule has 1 aromatic carbocycles. The van der Waals surface area contributed by atoms with E-state index < -0.39 is 0 Å². The third kappa shape index (κ3) is 3.64. The fourth-order valence-electron chi connectivity index (χ4n) is 2.05. The van der Waals surface area contributed by atoms with E-state index in [1.165, 1.54) is 17.5 Å². The zero-order chi connectivity index (χ0) is 12.0. The number of hydrogen-bond acceptors (Lipinski definition) is 1. The second-order valence-electron chi connectivity index (χ2n) is 4.71. The van der Waals surface area contributed by atoms with E-state index in [2.05, 4.69) is 57.3 Å². The largest absolute Gasteiger partial charge is 0.316 e. The monoisotopic (exact) mass is 219 g/mol. The summed E-state index contributed by atoms with van der Waals surface area (Å²) in [7, 11) is 0. The molecule has 1 aromatic rings. The van der Waals surface area contributed by atoms with Gasteiger partial charge < -0.3 is 5.32 Å². The Bertz CT molecular complexity index is 289. The molecule has 0 fully saturated rings. The van der Waals surface area contributed by atoms with Gasteiger partial charge >= 0.3 is 0 Å². The van der Waals surface area contributed by atoms with Gasteiger partial charge in [-0.05, 0) is 30.9 Å². The van der Waals surface area contributed by atoms with Crippen molar-refractivity contribution in [1.29, 1.82) is 0 Å². The van der Waals surface area contributed by atoms with E-state index in [1.54, 1.807) is 0 Å². The molecule has 0 heterocycles. The molecular formula is C15H25N. The average molecular weight is 219 g/mol. The zero-order valence-electron chi connectivity index (χ0n) is 11.1. The van der Waals surface area contributed by atoms with Crippen LogP contribution in [0.25, 0.3) is 0 Å². The third-order valence-electron chi connectivity index (χ3n) is 3.45. The number of nitrogens with one attached hydrogen (secondary N) is 1. The molecule has 0 aliphatic heterocycles. The summed E-state index contributed by atoms with van der Waals surface area (Å²) in [6.45, 7) is 11.1. The van der Waals surface area contributed by atoms with Crippen molar-refractivity contribution in [3.05, 3.63) is 35.4 Å². The minimum atomic E-state index is 0.644. The van der Waals surface area contributed by atoms with Gasteiger partial charge in [-0.1, -0.05) is 57.0 Å². The van der Waals surface area contributed by atoms with Gasteiger partial charge in [-0.25, -0.2) is 0 Å². The van der Waals surface area contributed by atoms with E-state index in [-0.39, 0.29) is 0 Å². The highest BCUT2D eigenvalue weighted by Gasteiger charge is 2.17. The molecule has 0 saturated carbocycles. The van der Waals surface area contributed by atoms with E-state index in [0.29, 0.717) is 5.92 Å². The van der Waals surface area contributed by atoms with Crippen LogP contribution in [0.1, 0.15) is 44.2 Å². The van der Waals surface area contributed by atoms with E-state index >= 15 is 0 Å².